The second-order valence-electron chi connectivity index (χ2n) is 6.29. The average Bonchev–Trinajstić information content (AvgIpc) is 3.15. The molecule has 21 heavy (non-hydrogen) atoms. The Morgan fingerprint density at radius 2 is 1.95 bits per heavy atom. The Bertz CT molecular complexity index is 570. The molecule has 0 saturated heterocycles. The number of benzene rings is 1. The topological polar surface area (TPSA) is 38.0 Å². The largest absolute Gasteiger partial charge is 0.390 e. The molecule has 0 aliphatic heterocycles. The average molecular weight is 284 g/mol. The zero-order valence-corrected chi connectivity index (χ0v) is 12.7. The quantitative estimate of drug-likeness (QED) is 0.908. The van der Waals surface area contributed by atoms with Crippen molar-refractivity contribution in [2.24, 2.45) is 0 Å². The van der Waals surface area contributed by atoms with E-state index < -0.39 is 5.60 Å². The van der Waals surface area contributed by atoms with Gasteiger partial charge in [-0.2, -0.15) is 0 Å². The Kier molecular flexibility index (Phi) is 4.11. The first kappa shape index (κ1) is 14.3. The van der Waals surface area contributed by atoms with Gasteiger partial charge in [-0.15, -0.1) is 0 Å². The highest BCUT2D eigenvalue weighted by Crippen LogP contribution is 2.33. The van der Waals surface area contributed by atoms with E-state index in [1.165, 1.54) is 5.56 Å². The van der Waals surface area contributed by atoms with E-state index in [1.807, 2.05) is 18.5 Å². The van der Waals surface area contributed by atoms with E-state index in [9.17, 15) is 5.11 Å². The van der Waals surface area contributed by atoms with Crippen molar-refractivity contribution in [1.82, 2.24) is 9.55 Å². The van der Waals surface area contributed by atoms with Crippen molar-refractivity contribution in [1.29, 1.82) is 0 Å². The lowest BCUT2D eigenvalue weighted by Gasteiger charge is -2.23. The fourth-order valence-electron chi connectivity index (χ4n) is 3.39. The van der Waals surface area contributed by atoms with Gasteiger partial charge in [0.1, 0.15) is 5.82 Å². The molecule has 3 heteroatoms. The highest BCUT2D eigenvalue weighted by atomic mass is 16.3. The molecule has 2 aromatic rings. The normalized spacial score (nSPS) is 18.8. The van der Waals surface area contributed by atoms with Gasteiger partial charge in [0.25, 0.3) is 0 Å². The van der Waals surface area contributed by atoms with Crippen LogP contribution in [0.4, 0.5) is 0 Å². The molecule has 0 bridgehead atoms. The van der Waals surface area contributed by atoms with Gasteiger partial charge in [-0.1, -0.05) is 50.1 Å². The van der Waals surface area contributed by atoms with Crippen LogP contribution in [0.15, 0.2) is 42.7 Å². The van der Waals surface area contributed by atoms with Gasteiger partial charge in [-0.25, -0.2) is 4.98 Å². The van der Waals surface area contributed by atoms with Crippen LogP contribution in [-0.2, 0) is 6.54 Å². The number of hydrogen-bond acceptors (Lipinski definition) is 2. The molecule has 1 aromatic heterocycles. The smallest absolute Gasteiger partial charge is 0.115 e. The molecule has 3 rings (SSSR count). The molecule has 1 fully saturated rings. The van der Waals surface area contributed by atoms with Crippen molar-refractivity contribution in [3.05, 3.63) is 54.1 Å². The lowest BCUT2D eigenvalue weighted by Crippen LogP contribution is -2.26. The molecule has 1 N–H and O–H groups in total. The minimum absolute atomic E-state index is 0.277. The summed E-state index contributed by atoms with van der Waals surface area (Å²) in [5.74, 6) is 1.36. The standard InChI is InChI=1S/C18H24N2O/c1-15(16-7-3-2-4-8-16)17-19-12-14-20(17)13-11-18(21)9-5-6-10-18/h2-4,7-8,12,14-15,21H,5-6,9-11,13H2,1H3/t15-/m0/s1. The summed E-state index contributed by atoms with van der Waals surface area (Å²) in [6, 6.07) is 10.5. The van der Waals surface area contributed by atoms with Crippen molar-refractivity contribution in [2.45, 2.75) is 57.1 Å². The molecule has 0 unspecified atom stereocenters. The van der Waals surface area contributed by atoms with Gasteiger partial charge in [0, 0.05) is 24.9 Å². The van der Waals surface area contributed by atoms with Gasteiger partial charge >= 0.3 is 0 Å². The van der Waals surface area contributed by atoms with Crippen molar-refractivity contribution in [2.75, 3.05) is 0 Å². The van der Waals surface area contributed by atoms with Crippen LogP contribution in [0.3, 0.4) is 0 Å². The third-order valence-corrected chi connectivity index (χ3v) is 4.79. The van der Waals surface area contributed by atoms with Crippen LogP contribution in [0.2, 0.25) is 0 Å². The maximum absolute atomic E-state index is 10.5. The number of rotatable bonds is 5. The van der Waals surface area contributed by atoms with Gasteiger partial charge in [-0.05, 0) is 24.8 Å². The Morgan fingerprint density at radius 3 is 2.67 bits per heavy atom. The summed E-state index contributed by atoms with van der Waals surface area (Å²) < 4.78 is 2.20. The molecule has 1 saturated carbocycles. The molecule has 0 radical (unpaired) electrons. The van der Waals surface area contributed by atoms with E-state index in [-0.39, 0.29) is 5.92 Å². The van der Waals surface area contributed by atoms with Crippen molar-refractivity contribution < 1.29 is 5.11 Å². The summed E-state index contributed by atoms with van der Waals surface area (Å²) in [7, 11) is 0. The van der Waals surface area contributed by atoms with Gasteiger partial charge in [0.2, 0.25) is 0 Å². The van der Waals surface area contributed by atoms with E-state index >= 15 is 0 Å². The molecule has 1 heterocycles. The Labute approximate surface area is 126 Å². The number of aromatic nitrogens is 2. The van der Waals surface area contributed by atoms with E-state index in [2.05, 4.69) is 40.7 Å². The van der Waals surface area contributed by atoms with E-state index in [0.29, 0.717) is 0 Å². The first-order valence-electron chi connectivity index (χ1n) is 7.96. The van der Waals surface area contributed by atoms with Crippen LogP contribution in [-0.4, -0.2) is 20.3 Å². The molecule has 1 aromatic carbocycles. The molecule has 1 atom stereocenters. The Hall–Kier alpha value is -1.61. The van der Waals surface area contributed by atoms with E-state index in [0.717, 1.165) is 44.5 Å². The van der Waals surface area contributed by atoms with Crippen LogP contribution in [0.1, 0.15) is 56.3 Å². The van der Waals surface area contributed by atoms with Crippen LogP contribution >= 0.6 is 0 Å². The number of aliphatic hydroxyl groups is 1. The van der Waals surface area contributed by atoms with Gasteiger partial charge in [0.15, 0.2) is 0 Å². The zero-order chi connectivity index (χ0) is 14.7. The predicted molar refractivity (Wildman–Crippen MR) is 84.2 cm³/mol. The number of aryl methyl sites for hydroxylation is 1. The maximum Gasteiger partial charge on any atom is 0.115 e. The van der Waals surface area contributed by atoms with Crippen LogP contribution < -0.4 is 0 Å². The van der Waals surface area contributed by atoms with Crippen LogP contribution in [0, 0.1) is 0 Å². The first-order chi connectivity index (χ1) is 10.2. The van der Waals surface area contributed by atoms with Gasteiger partial charge in [-0.3, -0.25) is 0 Å². The number of imidazole rings is 1. The van der Waals surface area contributed by atoms with Gasteiger partial charge in [0.05, 0.1) is 5.60 Å². The fourth-order valence-corrected chi connectivity index (χ4v) is 3.39. The predicted octanol–water partition coefficient (Wildman–Crippen LogP) is 3.73. The minimum Gasteiger partial charge on any atom is -0.390 e. The lowest BCUT2D eigenvalue weighted by molar-refractivity contribution is 0.0342. The number of hydrogen-bond donors (Lipinski definition) is 1. The number of nitrogens with zero attached hydrogens (tertiary/aromatic N) is 2. The summed E-state index contributed by atoms with van der Waals surface area (Å²) in [5.41, 5.74) is 0.835. The summed E-state index contributed by atoms with van der Waals surface area (Å²) in [5, 5.41) is 10.5. The van der Waals surface area contributed by atoms with Gasteiger partial charge < -0.3 is 9.67 Å². The molecular formula is C18H24N2O. The summed E-state index contributed by atoms with van der Waals surface area (Å²) in [4.78, 5) is 4.54. The van der Waals surface area contributed by atoms with E-state index in [4.69, 9.17) is 0 Å². The molecule has 0 amide bonds. The fraction of sp³-hybridized carbons (Fsp3) is 0.500. The van der Waals surface area contributed by atoms with Crippen molar-refractivity contribution in [3.8, 4) is 0 Å². The zero-order valence-electron chi connectivity index (χ0n) is 12.7. The Morgan fingerprint density at radius 1 is 1.24 bits per heavy atom. The second kappa shape index (κ2) is 6.02. The molecule has 112 valence electrons. The van der Waals surface area contributed by atoms with Crippen LogP contribution in [0.25, 0.3) is 0 Å². The monoisotopic (exact) mass is 284 g/mol. The van der Waals surface area contributed by atoms with E-state index in [1.54, 1.807) is 0 Å². The first-order valence-corrected chi connectivity index (χ1v) is 7.96. The third-order valence-electron chi connectivity index (χ3n) is 4.79. The lowest BCUT2D eigenvalue weighted by atomic mass is 9.97. The third kappa shape index (κ3) is 3.18. The van der Waals surface area contributed by atoms with Crippen molar-refractivity contribution in [3.63, 3.8) is 0 Å². The van der Waals surface area contributed by atoms with Crippen molar-refractivity contribution >= 4 is 0 Å². The summed E-state index contributed by atoms with van der Waals surface area (Å²) in [6.07, 6.45) is 8.95. The second-order valence-corrected chi connectivity index (χ2v) is 6.29. The molecule has 1 aliphatic carbocycles. The highest BCUT2D eigenvalue weighted by molar-refractivity contribution is 5.24. The highest BCUT2D eigenvalue weighted by Gasteiger charge is 2.30. The van der Waals surface area contributed by atoms with Crippen LogP contribution in [0.5, 0.6) is 0 Å². The molecular weight excluding hydrogens is 260 g/mol. The molecule has 1 aliphatic rings. The summed E-state index contributed by atoms with van der Waals surface area (Å²) >= 11 is 0. The minimum atomic E-state index is -0.447. The Balaban J connectivity index is 1.72. The molecule has 3 nitrogen and oxygen atoms in total. The summed E-state index contributed by atoms with van der Waals surface area (Å²) in [6.45, 7) is 3.04. The SMILES string of the molecule is C[C@@H](c1ccccc1)c1nccn1CCC1(O)CCCC1. The maximum atomic E-state index is 10.5. The molecule has 0 spiro atoms.